The zero-order chi connectivity index (χ0) is 17.3. The first kappa shape index (κ1) is 16.3. The fourth-order valence-electron chi connectivity index (χ4n) is 2.29. The maximum Gasteiger partial charge on any atom is 0.358 e. The molecule has 3 rings (SSSR count). The molecule has 0 atom stereocenters. The molecule has 0 aliphatic carbocycles. The van der Waals surface area contributed by atoms with Crippen molar-refractivity contribution >= 4 is 29.2 Å². The molecule has 3 aromatic rings. The first-order valence-corrected chi connectivity index (χ1v) is 7.55. The van der Waals surface area contributed by atoms with Crippen molar-refractivity contribution in [1.82, 2.24) is 15.0 Å². The number of methoxy groups -OCH3 is 1. The highest BCUT2D eigenvalue weighted by Gasteiger charge is 2.22. The average molecular weight is 364 g/mol. The molecule has 0 unspecified atom stereocenters. The van der Waals surface area contributed by atoms with E-state index in [1.54, 1.807) is 42.5 Å². The summed E-state index contributed by atoms with van der Waals surface area (Å²) in [6.07, 6.45) is 0. The quantitative estimate of drug-likeness (QED) is 0.759. The Morgan fingerprint density at radius 2 is 2.00 bits per heavy atom. The second-order valence-corrected chi connectivity index (χ2v) is 5.68. The molecule has 24 heavy (non-hydrogen) atoms. The molecule has 6 nitrogen and oxygen atoms in total. The van der Waals surface area contributed by atoms with E-state index in [4.69, 9.17) is 27.9 Å². The van der Waals surface area contributed by atoms with Crippen LogP contribution < -0.4 is 4.74 Å². The first-order valence-electron chi connectivity index (χ1n) is 6.80. The summed E-state index contributed by atoms with van der Waals surface area (Å²) in [4.78, 5) is 11.5. The van der Waals surface area contributed by atoms with E-state index in [1.807, 2.05) is 0 Å². The Balaban J connectivity index is 2.22. The molecule has 0 aliphatic rings. The van der Waals surface area contributed by atoms with Gasteiger partial charge in [0.2, 0.25) is 0 Å². The highest BCUT2D eigenvalue weighted by atomic mass is 35.5. The number of hydrogen-bond acceptors (Lipinski definition) is 4. The van der Waals surface area contributed by atoms with Crippen molar-refractivity contribution in [2.75, 3.05) is 7.11 Å². The van der Waals surface area contributed by atoms with Gasteiger partial charge >= 0.3 is 5.97 Å². The van der Waals surface area contributed by atoms with E-state index in [0.29, 0.717) is 32.7 Å². The maximum atomic E-state index is 11.5. The highest BCUT2D eigenvalue weighted by molar-refractivity contribution is 6.32. The zero-order valence-corrected chi connectivity index (χ0v) is 13.9. The van der Waals surface area contributed by atoms with Crippen LogP contribution in [0, 0.1) is 0 Å². The van der Waals surface area contributed by atoms with Gasteiger partial charge in [0.1, 0.15) is 11.4 Å². The summed E-state index contributed by atoms with van der Waals surface area (Å²) in [7, 11) is 1.51. The Morgan fingerprint density at radius 1 is 1.21 bits per heavy atom. The summed E-state index contributed by atoms with van der Waals surface area (Å²) in [5.74, 6) is -0.681. The van der Waals surface area contributed by atoms with Crippen LogP contribution in [-0.4, -0.2) is 33.2 Å². The van der Waals surface area contributed by atoms with Crippen LogP contribution in [0.2, 0.25) is 10.0 Å². The summed E-state index contributed by atoms with van der Waals surface area (Å²) < 4.78 is 6.52. The molecule has 8 heteroatoms. The second-order valence-electron chi connectivity index (χ2n) is 4.83. The third kappa shape index (κ3) is 2.93. The molecule has 0 fully saturated rings. The van der Waals surface area contributed by atoms with Crippen LogP contribution in [0.15, 0.2) is 42.5 Å². The van der Waals surface area contributed by atoms with Gasteiger partial charge in [0.15, 0.2) is 5.69 Å². The molecule has 1 N–H and O–H groups in total. The number of carbonyl (C=O) groups is 1. The van der Waals surface area contributed by atoms with E-state index < -0.39 is 5.97 Å². The van der Waals surface area contributed by atoms with E-state index in [0.717, 1.165) is 0 Å². The first-order chi connectivity index (χ1) is 11.5. The van der Waals surface area contributed by atoms with Crippen LogP contribution in [0.25, 0.3) is 16.9 Å². The summed E-state index contributed by atoms with van der Waals surface area (Å²) in [5.41, 5.74) is 1.27. The Kier molecular flexibility index (Phi) is 4.42. The highest BCUT2D eigenvalue weighted by Crippen LogP contribution is 2.31. The monoisotopic (exact) mass is 363 g/mol. The number of benzene rings is 2. The van der Waals surface area contributed by atoms with Gasteiger partial charge in [-0.1, -0.05) is 40.5 Å². The van der Waals surface area contributed by atoms with E-state index in [9.17, 15) is 9.90 Å². The molecule has 0 bridgehead atoms. The van der Waals surface area contributed by atoms with E-state index in [1.165, 1.54) is 11.8 Å². The van der Waals surface area contributed by atoms with Gasteiger partial charge in [-0.05, 0) is 30.3 Å². The molecule has 0 saturated heterocycles. The molecule has 0 radical (unpaired) electrons. The van der Waals surface area contributed by atoms with Crippen LogP contribution in [-0.2, 0) is 0 Å². The van der Waals surface area contributed by atoms with Gasteiger partial charge in [0.25, 0.3) is 0 Å². The Bertz CT molecular complexity index is 925. The minimum Gasteiger partial charge on any atom is -0.495 e. The normalized spacial score (nSPS) is 10.6. The molecule has 1 aromatic heterocycles. The molecular formula is C16H11Cl2N3O3. The fraction of sp³-hybridized carbons (Fsp3) is 0.0625. The van der Waals surface area contributed by atoms with Crippen molar-refractivity contribution in [2.24, 2.45) is 0 Å². The number of aromatic nitrogens is 3. The van der Waals surface area contributed by atoms with Crippen LogP contribution in [0.5, 0.6) is 5.75 Å². The lowest BCUT2D eigenvalue weighted by molar-refractivity contribution is 0.0691. The van der Waals surface area contributed by atoms with Crippen molar-refractivity contribution in [3.63, 3.8) is 0 Å². The standard InChI is InChI=1S/C16H11Cl2N3O3/c1-24-13-6-5-11(8-12(13)18)21-15(14(16(22)23)19-20-21)9-3-2-4-10(17)7-9/h2-8H,1H3,(H,22,23). The summed E-state index contributed by atoms with van der Waals surface area (Å²) >= 11 is 12.2. The number of halogens is 2. The molecular weight excluding hydrogens is 353 g/mol. The maximum absolute atomic E-state index is 11.5. The summed E-state index contributed by atoms with van der Waals surface area (Å²) in [6.45, 7) is 0. The van der Waals surface area contributed by atoms with E-state index >= 15 is 0 Å². The third-order valence-electron chi connectivity index (χ3n) is 3.35. The number of hydrogen-bond donors (Lipinski definition) is 1. The zero-order valence-electron chi connectivity index (χ0n) is 12.4. The van der Waals surface area contributed by atoms with E-state index in [-0.39, 0.29) is 5.69 Å². The molecule has 0 amide bonds. The minimum absolute atomic E-state index is 0.177. The topological polar surface area (TPSA) is 77.2 Å². The Hall–Kier alpha value is -2.57. The van der Waals surface area contributed by atoms with Gasteiger partial charge in [0.05, 0.1) is 17.8 Å². The SMILES string of the molecule is COc1ccc(-n2nnc(C(=O)O)c2-c2cccc(Cl)c2)cc1Cl. The van der Waals surface area contributed by atoms with Crippen LogP contribution in [0.3, 0.4) is 0 Å². The predicted molar refractivity (Wildman–Crippen MR) is 90.3 cm³/mol. The summed E-state index contributed by atoms with van der Waals surface area (Å²) in [6, 6.07) is 11.8. The molecule has 2 aromatic carbocycles. The number of ether oxygens (including phenoxy) is 1. The Labute approximate surface area is 147 Å². The smallest absolute Gasteiger partial charge is 0.358 e. The third-order valence-corrected chi connectivity index (χ3v) is 3.88. The van der Waals surface area contributed by atoms with Crippen molar-refractivity contribution < 1.29 is 14.6 Å². The van der Waals surface area contributed by atoms with Crippen molar-refractivity contribution in [2.45, 2.75) is 0 Å². The van der Waals surface area contributed by atoms with Crippen molar-refractivity contribution in [1.29, 1.82) is 0 Å². The van der Waals surface area contributed by atoms with Gasteiger partial charge in [-0.15, -0.1) is 5.10 Å². The average Bonchev–Trinajstić information content (AvgIpc) is 3.00. The number of carboxylic acid groups (broad SMARTS) is 1. The van der Waals surface area contributed by atoms with Gasteiger partial charge in [-0.2, -0.15) is 0 Å². The van der Waals surface area contributed by atoms with Gasteiger partial charge in [0, 0.05) is 10.6 Å². The molecule has 1 heterocycles. The molecule has 122 valence electrons. The second kappa shape index (κ2) is 6.51. The van der Waals surface area contributed by atoms with Gasteiger partial charge in [-0.3, -0.25) is 0 Å². The molecule has 0 saturated carbocycles. The number of carboxylic acids is 1. The number of aromatic carboxylic acids is 1. The lowest BCUT2D eigenvalue weighted by Gasteiger charge is -2.10. The Morgan fingerprint density at radius 3 is 2.62 bits per heavy atom. The van der Waals surface area contributed by atoms with Crippen LogP contribution >= 0.6 is 23.2 Å². The lowest BCUT2D eigenvalue weighted by Crippen LogP contribution is -2.03. The lowest BCUT2D eigenvalue weighted by atomic mass is 10.1. The summed E-state index contributed by atoms with van der Waals surface area (Å²) in [5, 5.41) is 18.0. The fourth-order valence-corrected chi connectivity index (χ4v) is 2.73. The van der Waals surface area contributed by atoms with Crippen molar-refractivity contribution in [3.05, 3.63) is 58.2 Å². The van der Waals surface area contributed by atoms with Gasteiger partial charge < -0.3 is 9.84 Å². The minimum atomic E-state index is -1.18. The van der Waals surface area contributed by atoms with Gasteiger partial charge in [-0.25, -0.2) is 9.48 Å². The van der Waals surface area contributed by atoms with E-state index in [2.05, 4.69) is 10.3 Å². The largest absolute Gasteiger partial charge is 0.495 e. The predicted octanol–water partition coefficient (Wildman–Crippen LogP) is 3.95. The van der Waals surface area contributed by atoms with Crippen molar-refractivity contribution in [3.8, 4) is 22.7 Å². The molecule has 0 aliphatic heterocycles. The number of nitrogens with zero attached hydrogens (tertiary/aromatic N) is 3. The number of rotatable bonds is 4. The van der Waals surface area contributed by atoms with Crippen LogP contribution in [0.1, 0.15) is 10.5 Å². The molecule has 0 spiro atoms. The van der Waals surface area contributed by atoms with Crippen LogP contribution in [0.4, 0.5) is 0 Å².